The van der Waals surface area contributed by atoms with E-state index in [0.717, 1.165) is 11.3 Å². The van der Waals surface area contributed by atoms with Gasteiger partial charge in [0.25, 0.3) is 0 Å². The average Bonchev–Trinajstić information content (AvgIpc) is 3.04. The van der Waals surface area contributed by atoms with Crippen molar-refractivity contribution in [3.63, 3.8) is 0 Å². The van der Waals surface area contributed by atoms with Crippen LogP contribution >= 0.6 is 11.6 Å². The number of pyridine rings is 1. The van der Waals surface area contributed by atoms with Crippen LogP contribution in [0.2, 0.25) is 5.02 Å². The number of ether oxygens (including phenoxy) is 1. The van der Waals surface area contributed by atoms with Gasteiger partial charge < -0.3 is 10.1 Å². The second-order valence-electron chi connectivity index (χ2n) is 8.16. The molecule has 5 nitrogen and oxygen atoms in total. The van der Waals surface area contributed by atoms with Crippen molar-refractivity contribution in [3.05, 3.63) is 58.4 Å². The summed E-state index contributed by atoms with van der Waals surface area (Å²) in [7, 11) is 0. The van der Waals surface area contributed by atoms with E-state index in [1.54, 1.807) is 24.4 Å². The van der Waals surface area contributed by atoms with Crippen molar-refractivity contribution in [1.82, 2.24) is 4.98 Å². The van der Waals surface area contributed by atoms with E-state index >= 15 is 0 Å². The van der Waals surface area contributed by atoms with E-state index in [2.05, 4.69) is 29.4 Å². The number of nitrogens with one attached hydrogen (secondary N) is 1. The molecule has 1 saturated carbocycles. The normalized spacial score (nSPS) is 34.6. The highest BCUT2D eigenvalue weighted by atomic mass is 35.5. The third kappa shape index (κ3) is 2.56. The molecular weight excluding hydrogens is 374 g/mol. The Kier molecular flexibility index (Phi) is 3.97. The van der Waals surface area contributed by atoms with Gasteiger partial charge in [0.2, 0.25) is 5.91 Å². The Morgan fingerprint density at radius 2 is 2.04 bits per heavy atom. The number of hydrogen-bond donors (Lipinski definition) is 1. The molecule has 1 aliphatic carbocycles. The van der Waals surface area contributed by atoms with Crippen molar-refractivity contribution in [1.29, 1.82) is 5.26 Å². The summed E-state index contributed by atoms with van der Waals surface area (Å²) in [5, 5.41) is 12.6. The van der Waals surface area contributed by atoms with E-state index in [-0.39, 0.29) is 30.0 Å². The van der Waals surface area contributed by atoms with Gasteiger partial charge in [-0.25, -0.2) is 0 Å². The maximum atomic E-state index is 13.3. The van der Waals surface area contributed by atoms with E-state index in [4.69, 9.17) is 16.3 Å². The monoisotopic (exact) mass is 393 g/mol. The summed E-state index contributed by atoms with van der Waals surface area (Å²) in [6, 6.07) is 11.1. The topological polar surface area (TPSA) is 75.0 Å². The van der Waals surface area contributed by atoms with Crippen LogP contribution in [0.3, 0.4) is 0 Å². The van der Waals surface area contributed by atoms with Crippen LogP contribution in [0.15, 0.2) is 36.5 Å². The van der Waals surface area contributed by atoms with Crippen LogP contribution in [0.25, 0.3) is 0 Å². The first kappa shape index (κ1) is 17.7. The molecule has 0 spiro atoms. The van der Waals surface area contributed by atoms with E-state index in [1.807, 2.05) is 13.0 Å². The highest BCUT2D eigenvalue weighted by molar-refractivity contribution is 6.31. The first-order valence-corrected chi connectivity index (χ1v) is 9.96. The maximum absolute atomic E-state index is 13.3. The minimum absolute atomic E-state index is 0.0284. The fourth-order valence-electron chi connectivity index (χ4n) is 5.38. The summed E-state index contributed by atoms with van der Waals surface area (Å²) in [6.07, 6.45) is 1.84. The van der Waals surface area contributed by atoms with Crippen LogP contribution in [-0.4, -0.2) is 23.1 Å². The molecule has 3 heterocycles. The predicted octanol–water partition coefficient (Wildman–Crippen LogP) is 3.92. The molecule has 2 aliphatic heterocycles. The first-order valence-electron chi connectivity index (χ1n) is 9.58. The molecular formula is C22H20ClN3O2. The van der Waals surface area contributed by atoms with Gasteiger partial charge in [-0.05, 0) is 60.6 Å². The van der Waals surface area contributed by atoms with Gasteiger partial charge in [0.05, 0.1) is 28.7 Å². The molecule has 142 valence electrons. The fraction of sp³-hybridized carbons (Fsp3) is 0.409. The minimum atomic E-state index is -0.251. The number of rotatable bonds is 3. The molecule has 1 aromatic carbocycles. The Balaban J connectivity index is 1.47. The van der Waals surface area contributed by atoms with Crippen LogP contribution in [0.1, 0.15) is 29.7 Å². The number of benzene rings is 1. The van der Waals surface area contributed by atoms with Gasteiger partial charge in [-0.15, -0.1) is 0 Å². The van der Waals surface area contributed by atoms with Crippen molar-refractivity contribution in [2.75, 3.05) is 5.32 Å². The van der Waals surface area contributed by atoms with E-state index in [1.165, 1.54) is 0 Å². The third-order valence-corrected chi connectivity index (χ3v) is 6.98. The number of amides is 1. The highest BCUT2D eigenvalue weighted by Crippen LogP contribution is 2.68. The van der Waals surface area contributed by atoms with Crippen LogP contribution < -0.4 is 5.32 Å². The van der Waals surface area contributed by atoms with Crippen LogP contribution in [0, 0.1) is 41.9 Å². The number of fused-ring (bicyclic) bond motifs is 5. The Morgan fingerprint density at radius 1 is 1.25 bits per heavy atom. The molecule has 1 aromatic heterocycles. The summed E-state index contributed by atoms with van der Waals surface area (Å²) in [5.41, 5.74) is 2.99. The molecule has 1 amide bonds. The number of anilines is 1. The molecule has 3 fully saturated rings. The number of halogens is 1. The fourth-order valence-corrected chi connectivity index (χ4v) is 5.54. The number of hydrogen-bond acceptors (Lipinski definition) is 4. The molecule has 2 unspecified atom stereocenters. The van der Waals surface area contributed by atoms with E-state index in [0.29, 0.717) is 34.0 Å². The average molecular weight is 394 g/mol. The zero-order valence-electron chi connectivity index (χ0n) is 15.6. The number of nitriles is 1. The summed E-state index contributed by atoms with van der Waals surface area (Å²) in [5.74, 6) is 1.34. The van der Waals surface area contributed by atoms with Gasteiger partial charge in [-0.3, -0.25) is 9.78 Å². The molecule has 7 atom stereocenters. The molecule has 28 heavy (non-hydrogen) atoms. The summed E-state index contributed by atoms with van der Waals surface area (Å²) < 4.78 is 6.29. The molecule has 5 rings (SSSR count). The summed E-state index contributed by atoms with van der Waals surface area (Å²) in [4.78, 5) is 17.6. The van der Waals surface area contributed by atoms with Crippen molar-refractivity contribution in [2.24, 2.45) is 23.7 Å². The molecule has 0 radical (unpaired) electrons. The lowest BCUT2D eigenvalue weighted by Gasteiger charge is -2.27. The molecule has 1 N–H and O–H groups in total. The minimum Gasteiger partial charge on any atom is -0.373 e. The van der Waals surface area contributed by atoms with Crippen molar-refractivity contribution >= 4 is 23.2 Å². The second-order valence-corrected chi connectivity index (χ2v) is 8.56. The molecule has 2 bridgehead atoms. The summed E-state index contributed by atoms with van der Waals surface area (Å²) >= 11 is 6.01. The van der Waals surface area contributed by atoms with Crippen molar-refractivity contribution < 1.29 is 9.53 Å². The molecule has 6 heteroatoms. The van der Waals surface area contributed by atoms with Gasteiger partial charge in [0.15, 0.2) is 0 Å². The summed E-state index contributed by atoms with van der Waals surface area (Å²) in [6.45, 7) is 4.22. The van der Waals surface area contributed by atoms with Gasteiger partial charge >= 0.3 is 0 Å². The quantitative estimate of drug-likeness (QED) is 0.857. The zero-order valence-corrected chi connectivity index (χ0v) is 16.4. The van der Waals surface area contributed by atoms with Gasteiger partial charge in [-0.1, -0.05) is 18.5 Å². The number of nitrogens with zero attached hydrogens (tertiary/aromatic N) is 2. The standard InChI is InChI=1S/C22H20ClN3O2/c1-10-7-12(5-6-25-10)18-19(21-17-11(2)16(17)20(18)28-21)22(27)26-14-3-4-15(23)13(8-14)9-24/h3-8,11,16-21H,1-2H3,(H,26,27)/t11-,16?,17?,18-,19-,20+,21-/m1/s1. The third-order valence-electron chi connectivity index (χ3n) is 6.65. The smallest absolute Gasteiger partial charge is 0.230 e. The largest absolute Gasteiger partial charge is 0.373 e. The van der Waals surface area contributed by atoms with Gasteiger partial charge in [0, 0.05) is 23.5 Å². The number of carbonyl (C=O) groups excluding carboxylic acids is 1. The van der Waals surface area contributed by atoms with Crippen molar-refractivity contribution in [2.45, 2.75) is 32.0 Å². The second kappa shape index (κ2) is 6.30. The van der Waals surface area contributed by atoms with Crippen LogP contribution in [-0.2, 0) is 9.53 Å². The van der Waals surface area contributed by atoms with Crippen LogP contribution in [0.4, 0.5) is 5.69 Å². The number of carbonyl (C=O) groups is 1. The number of aryl methyl sites for hydroxylation is 1. The van der Waals surface area contributed by atoms with Gasteiger partial charge in [0.1, 0.15) is 6.07 Å². The van der Waals surface area contributed by atoms with Crippen LogP contribution in [0.5, 0.6) is 0 Å². The van der Waals surface area contributed by atoms with Crippen molar-refractivity contribution in [3.8, 4) is 6.07 Å². The lowest BCUT2D eigenvalue weighted by molar-refractivity contribution is -0.122. The Morgan fingerprint density at radius 3 is 2.79 bits per heavy atom. The number of aromatic nitrogens is 1. The lowest BCUT2D eigenvalue weighted by atomic mass is 9.75. The van der Waals surface area contributed by atoms with E-state index < -0.39 is 0 Å². The molecule has 2 aromatic rings. The maximum Gasteiger partial charge on any atom is 0.230 e. The Hall–Kier alpha value is -2.42. The SMILES string of the molecule is Cc1cc([C@@H]2[C@@H](C(=O)Nc3ccc(Cl)c(C#N)c3)[C@@H]3O[C@H]2C2C3[C@@H]2C)ccn1. The Bertz CT molecular complexity index is 1020. The molecule has 2 saturated heterocycles. The first-order chi connectivity index (χ1) is 13.5. The molecule has 3 aliphatic rings. The van der Waals surface area contributed by atoms with Gasteiger partial charge in [-0.2, -0.15) is 5.26 Å². The van der Waals surface area contributed by atoms with E-state index in [9.17, 15) is 10.1 Å². The predicted molar refractivity (Wildman–Crippen MR) is 105 cm³/mol. The Labute approximate surface area is 168 Å². The highest BCUT2D eigenvalue weighted by Gasteiger charge is 2.72. The lowest BCUT2D eigenvalue weighted by Crippen LogP contribution is -2.37. The zero-order chi connectivity index (χ0) is 19.6.